The Morgan fingerprint density at radius 1 is 1.23 bits per heavy atom. The molecule has 3 N–H and O–H groups in total. The second-order valence-electron chi connectivity index (χ2n) is 7.65. The zero-order valence-corrected chi connectivity index (χ0v) is 18.3. The number of thiocarbonyl (C=S) groups is 1. The number of hydrogen-bond donors (Lipinski definition) is 3. The molecule has 0 radical (unpaired) electrons. The summed E-state index contributed by atoms with van der Waals surface area (Å²) in [5.41, 5.74) is 2.51. The Kier molecular flexibility index (Phi) is 6.88. The van der Waals surface area contributed by atoms with Gasteiger partial charge in [0.05, 0.1) is 12.7 Å². The Bertz CT molecular complexity index is 1010. The number of imidazole rings is 1. The largest absolute Gasteiger partial charge is 0.366 e. The van der Waals surface area contributed by atoms with Gasteiger partial charge < -0.3 is 20.9 Å². The Morgan fingerprint density at radius 3 is 2.74 bits per heavy atom. The number of nitrogens with zero attached hydrogens (tertiary/aromatic N) is 5. The molecule has 0 spiro atoms. The van der Waals surface area contributed by atoms with Crippen LogP contribution in [0.25, 0.3) is 11.2 Å². The molecule has 0 unspecified atom stereocenters. The fraction of sp³-hybridized carbons (Fsp3) is 0.429. The van der Waals surface area contributed by atoms with Crippen LogP contribution in [0.1, 0.15) is 18.4 Å². The molecule has 1 aliphatic heterocycles. The summed E-state index contributed by atoms with van der Waals surface area (Å²) in [5, 5.41) is 10.4. The summed E-state index contributed by atoms with van der Waals surface area (Å²) in [6.45, 7) is 4.40. The van der Waals surface area contributed by atoms with E-state index in [1.807, 2.05) is 11.6 Å². The molecule has 1 saturated heterocycles. The van der Waals surface area contributed by atoms with E-state index in [4.69, 9.17) is 17.2 Å². The Balaban J connectivity index is 1.40. The molecule has 1 aliphatic rings. The van der Waals surface area contributed by atoms with Crippen LogP contribution in [0, 0.1) is 5.82 Å². The molecule has 0 bridgehead atoms. The summed E-state index contributed by atoms with van der Waals surface area (Å²) < 4.78 is 15.3. The molecule has 8 nitrogen and oxygen atoms in total. The number of halogens is 1. The maximum absolute atomic E-state index is 13.3. The highest BCUT2D eigenvalue weighted by atomic mass is 32.1. The number of rotatable bonds is 7. The molecule has 3 heterocycles. The molecule has 4 rings (SSSR count). The molecule has 0 aliphatic carbocycles. The van der Waals surface area contributed by atoms with Gasteiger partial charge in [-0.3, -0.25) is 4.57 Å². The number of likely N-dealkylation sites (tertiary alicyclic amines) is 1. The number of nitrogens with one attached hydrogen (secondary N) is 3. The third-order valence-electron chi connectivity index (χ3n) is 5.53. The first-order valence-electron chi connectivity index (χ1n) is 10.5. The summed E-state index contributed by atoms with van der Waals surface area (Å²) >= 11 is 5.12. The molecule has 31 heavy (non-hydrogen) atoms. The van der Waals surface area contributed by atoms with Crippen LogP contribution in [0.4, 0.5) is 10.3 Å². The normalized spacial score (nSPS) is 15.2. The first-order chi connectivity index (χ1) is 15.1. The quantitative estimate of drug-likeness (QED) is 0.479. The number of hydrogen-bond acceptors (Lipinski definition) is 6. The minimum atomic E-state index is -0.241. The van der Waals surface area contributed by atoms with Gasteiger partial charge in [0.1, 0.15) is 17.7 Å². The summed E-state index contributed by atoms with van der Waals surface area (Å²) in [6.07, 6.45) is 5.31. The van der Waals surface area contributed by atoms with Crippen molar-refractivity contribution in [3.05, 3.63) is 48.2 Å². The number of piperidine rings is 1. The lowest BCUT2D eigenvalue weighted by Crippen LogP contribution is -2.44. The maximum Gasteiger partial charge on any atom is 0.205 e. The van der Waals surface area contributed by atoms with Crippen LogP contribution in [-0.4, -0.2) is 68.8 Å². The Labute approximate surface area is 186 Å². The van der Waals surface area contributed by atoms with Gasteiger partial charge in [-0.15, -0.1) is 0 Å². The van der Waals surface area contributed by atoms with Crippen molar-refractivity contribution in [3.63, 3.8) is 0 Å². The van der Waals surface area contributed by atoms with E-state index in [-0.39, 0.29) is 5.82 Å². The van der Waals surface area contributed by atoms with Crippen molar-refractivity contribution in [2.24, 2.45) is 0 Å². The zero-order chi connectivity index (χ0) is 21.6. The molecule has 3 aromatic rings. The first-order valence-corrected chi connectivity index (χ1v) is 10.9. The maximum atomic E-state index is 13.3. The third-order valence-corrected chi connectivity index (χ3v) is 5.87. The molecular formula is C21H27FN8S. The SMILES string of the molecule is CNC(=S)NCCN1CCC(Nc2nc3cncnc3n2Cc2ccc(F)cc2)CC1. The van der Waals surface area contributed by atoms with Crippen molar-refractivity contribution < 1.29 is 4.39 Å². The number of benzene rings is 1. The van der Waals surface area contributed by atoms with E-state index in [9.17, 15) is 4.39 Å². The number of anilines is 1. The van der Waals surface area contributed by atoms with Crippen LogP contribution in [0.5, 0.6) is 0 Å². The predicted molar refractivity (Wildman–Crippen MR) is 124 cm³/mol. The number of fused-ring (bicyclic) bond motifs is 1. The highest BCUT2D eigenvalue weighted by Crippen LogP contribution is 2.22. The van der Waals surface area contributed by atoms with Crippen molar-refractivity contribution in [1.82, 2.24) is 35.1 Å². The van der Waals surface area contributed by atoms with Crippen LogP contribution in [0.2, 0.25) is 0 Å². The summed E-state index contributed by atoms with van der Waals surface area (Å²) in [4.78, 5) is 15.7. The second-order valence-corrected chi connectivity index (χ2v) is 8.05. The minimum Gasteiger partial charge on any atom is -0.366 e. The summed E-state index contributed by atoms with van der Waals surface area (Å²) in [6, 6.07) is 6.87. The molecule has 0 amide bonds. The van der Waals surface area contributed by atoms with Gasteiger partial charge in [-0.25, -0.2) is 19.3 Å². The van der Waals surface area contributed by atoms with E-state index < -0.39 is 0 Å². The van der Waals surface area contributed by atoms with E-state index in [0.717, 1.165) is 61.7 Å². The van der Waals surface area contributed by atoms with Gasteiger partial charge in [-0.05, 0) is 42.8 Å². The van der Waals surface area contributed by atoms with Gasteiger partial charge in [0.15, 0.2) is 10.8 Å². The first kappa shape index (κ1) is 21.4. The molecule has 2 aromatic heterocycles. The van der Waals surface area contributed by atoms with Crippen LogP contribution in [-0.2, 0) is 6.54 Å². The van der Waals surface area contributed by atoms with E-state index in [1.165, 1.54) is 18.5 Å². The Hall–Kier alpha value is -2.85. The van der Waals surface area contributed by atoms with Gasteiger partial charge >= 0.3 is 0 Å². The van der Waals surface area contributed by atoms with Gasteiger partial charge in [0, 0.05) is 39.3 Å². The van der Waals surface area contributed by atoms with Crippen LogP contribution >= 0.6 is 12.2 Å². The average molecular weight is 443 g/mol. The highest BCUT2D eigenvalue weighted by molar-refractivity contribution is 7.80. The zero-order valence-electron chi connectivity index (χ0n) is 17.5. The van der Waals surface area contributed by atoms with Crippen molar-refractivity contribution in [1.29, 1.82) is 0 Å². The molecule has 0 saturated carbocycles. The van der Waals surface area contributed by atoms with Crippen LogP contribution in [0.3, 0.4) is 0 Å². The minimum absolute atomic E-state index is 0.241. The number of aromatic nitrogens is 4. The Morgan fingerprint density at radius 2 is 2.00 bits per heavy atom. The fourth-order valence-electron chi connectivity index (χ4n) is 3.81. The van der Waals surface area contributed by atoms with Gasteiger partial charge in [-0.1, -0.05) is 12.1 Å². The average Bonchev–Trinajstić information content (AvgIpc) is 3.13. The lowest BCUT2D eigenvalue weighted by atomic mass is 10.1. The summed E-state index contributed by atoms with van der Waals surface area (Å²) in [7, 11) is 1.82. The van der Waals surface area contributed by atoms with E-state index >= 15 is 0 Å². The highest BCUT2D eigenvalue weighted by Gasteiger charge is 2.21. The smallest absolute Gasteiger partial charge is 0.205 e. The van der Waals surface area contributed by atoms with E-state index in [1.54, 1.807) is 18.3 Å². The lowest BCUT2D eigenvalue weighted by molar-refractivity contribution is 0.222. The molecular weight excluding hydrogens is 415 g/mol. The van der Waals surface area contributed by atoms with Crippen LogP contribution < -0.4 is 16.0 Å². The standard InChI is InChI=1S/C21H27FN8S/c1-23-21(31)25-8-11-29-9-6-17(7-10-29)27-20-28-18-12-24-14-26-19(18)30(20)13-15-2-4-16(22)5-3-15/h2-5,12,14,17H,6-11,13H2,1H3,(H,27,28)(H2,23,25,31). The van der Waals surface area contributed by atoms with E-state index in [2.05, 4.69) is 30.8 Å². The van der Waals surface area contributed by atoms with Crippen molar-refractivity contribution >= 4 is 34.4 Å². The van der Waals surface area contributed by atoms with Crippen molar-refractivity contribution in [2.45, 2.75) is 25.4 Å². The van der Waals surface area contributed by atoms with Crippen LogP contribution in [0.15, 0.2) is 36.8 Å². The van der Waals surface area contributed by atoms with Gasteiger partial charge in [-0.2, -0.15) is 0 Å². The van der Waals surface area contributed by atoms with Gasteiger partial charge in [0.2, 0.25) is 5.95 Å². The van der Waals surface area contributed by atoms with Gasteiger partial charge in [0.25, 0.3) is 0 Å². The van der Waals surface area contributed by atoms with Crippen molar-refractivity contribution in [2.75, 3.05) is 38.5 Å². The lowest BCUT2D eigenvalue weighted by Gasteiger charge is -2.32. The molecule has 1 fully saturated rings. The molecule has 0 atom stereocenters. The third kappa shape index (κ3) is 5.45. The second kappa shape index (κ2) is 9.97. The summed E-state index contributed by atoms with van der Waals surface area (Å²) in [5.74, 6) is 0.536. The fourth-order valence-corrected chi connectivity index (χ4v) is 3.91. The van der Waals surface area contributed by atoms with E-state index in [0.29, 0.717) is 17.7 Å². The molecule has 164 valence electrons. The predicted octanol–water partition coefficient (Wildman–Crippen LogP) is 1.98. The molecule has 10 heteroatoms. The van der Waals surface area contributed by atoms with Crippen molar-refractivity contribution in [3.8, 4) is 0 Å². The monoisotopic (exact) mass is 442 g/mol. The molecule has 1 aromatic carbocycles. The topological polar surface area (TPSA) is 82.9 Å².